The molecule has 0 spiro atoms. The van der Waals surface area contributed by atoms with E-state index in [-0.39, 0.29) is 73.7 Å². The number of hydrogen-bond donors (Lipinski definition) is 6. The van der Waals surface area contributed by atoms with Gasteiger partial charge in [0.25, 0.3) is 5.91 Å². The van der Waals surface area contributed by atoms with Crippen LogP contribution in [0, 0.1) is 17.8 Å². The van der Waals surface area contributed by atoms with Crippen LogP contribution in [0.5, 0.6) is 0 Å². The lowest BCUT2D eigenvalue weighted by atomic mass is 9.90. The van der Waals surface area contributed by atoms with Gasteiger partial charge in [-0.05, 0) is 56.3 Å². The molecule has 2 rings (SSSR count). The summed E-state index contributed by atoms with van der Waals surface area (Å²) < 4.78 is 11.9. The van der Waals surface area contributed by atoms with E-state index in [2.05, 4.69) is 33.3 Å². The summed E-state index contributed by atoms with van der Waals surface area (Å²) in [4.78, 5) is 73.2. The monoisotopic (exact) mass is 789 g/mol. The largest absolute Gasteiger partial charge is 0.380 e. The molecular weight excluding hydrogens is 720 g/mol. The van der Waals surface area contributed by atoms with E-state index < -0.39 is 36.1 Å². The fourth-order valence-electron chi connectivity index (χ4n) is 6.74. The molecule has 316 valence electrons. The molecule has 1 saturated heterocycles. The second-order valence-electron chi connectivity index (χ2n) is 15.0. The van der Waals surface area contributed by atoms with Gasteiger partial charge in [0.05, 0.1) is 62.5 Å². The third-order valence-electron chi connectivity index (χ3n) is 10.8. The summed E-state index contributed by atoms with van der Waals surface area (Å²) in [6.45, 7) is 15.9. The highest BCUT2D eigenvalue weighted by Crippen LogP contribution is 2.30. The number of nitrogens with zero attached hydrogens (tertiary/aromatic N) is 2. The number of rotatable bonds is 24. The Hall–Kier alpha value is -4.09. The second-order valence-corrected chi connectivity index (χ2v) is 15.0. The molecule has 16 heteroatoms. The number of anilines is 1. The Morgan fingerprint density at radius 3 is 2.21 bits per heavy atom. The van der Waals surface area contributed by atoms with Crippen molar-refractivity contribution in [2.75, 3.05) is 53.3 Å². The number of ether oxygens (including phenoxy) is 2. The van der Waals surface area contributed by atoms with E-state index in [0.29, 0.717) is 17.9 Å². The summed E-state index contributed by atoms with van der Waals surface area (Å²) in [5, 5.41) is 11.4. The second kappa shape index (κ2) is 23.9. The summed E-state index contributed by atoms with van der Waals surface area (Å²) in [6, 6.07) is 5.39. The zero-order valence-corrected chi connectivity index (χ0v) is 35.1. The summed E-state index contributed by atoms with van der Waals surface area (Å²) in [5.41, 5.74) is 10.4. The van der Waals surface area contributed by atoms with Crippen LogP contribution in [0.2, 0.25) is 0 Å². The van der Waals surface area contributed by atoms with E-state index in [1.807, 2.05) is 39.5 Å². The van der Waals surface area contributed by atoms with E-state index in [4.69, 9.17) is 20.0 Å². The first-order valence-corrected chi connectivity index (χ1v) is 19.5. The highest BCUT2D eigenvalue weighted by atomic mass is 16.6. The first-order chi connectivity index (χ1) is 26.5. The van der Waals surface area contributed by atoms with E-state index in [1.165, 1.54) is 0 Å². The van der Waals surface area contributed by atoms with Gasteiger partial charge in [-0.2, -0.15) is 0 Å². The first-order valence-electron chi connectivity index (χ1n) is 19.5. The average molecular weight is 789 g/mol. The van der Waals surface area contributed by atoms with E-state index in [1.54, 1.807) is 64.4 Å². The topological polar surface area (TPSA) is 206 Å². The van der Waals surface area contributed by atoms with E-state index >= 15 is 0 Å². The summed E-state index contributed by atoms with van der Waals surface area (Å²) in [5.74, 6) is -1.71. The van der Waals surface area contributed by atoms with Crippen LogP contribution in [0.25, 0.3) is 0 Å². The number of carbonyl (C=O) groups is 5. The lowest BCUT2D eigenvalue weighted by Crippen LogP contribution is -2.54. The molecular formula is C40H68N8O8. The lowest BCUT2D eigenvalue weighted by Gasteiger charge is -2.39. The van der Waals surface area contributed by atoms with Gasteiger partial charge in [-0.3, -0.25) is 28.8 Å². The van der Waals surface area contributed by atoms with Crippen LogP contribution in [0.15, 0.2) is 36.5 Å². The Labute approximate surface area is 333 Å². The van der Waals surface area contributed by atoms with Crippen LogP contribution in [0.3, 0.4) is 0 Å². The van der Waals surface area contributed by atoms with Crippen molar-refractivity contribution in [1.82, 2.24) is 31.2 Å². The van der Waals surface area contributed by atoms with E-state index in [9.17, 15) is 24.0 Å². The van der Waals surface area contributed by atoms with E-state index in [0.717, 1.165) is 24.8 Å². The predicted molar refractivity (Wildman–Crippen MR) is 216 cm³/mol. The van der Waals surface area contributed by atoms with Gasteiger partial charge in [0.1, 0.15) is 0 Å². The number of benzene rings is 1. The molecule has 0 bridgehead atoms. The quantitative estimate of drug-likeness (QED) is 0.0835. The van der Waals surface area contributed by atoms with Crippen molar-refractivity contribution >= 4 is 35.2 Å². The molecule has 1 unspecified atom stereocenters. The number of carbonyl (C=O) groups excluding carboxylic acids is 5. The van der Waals surface area contributed by atoms with Crippen LogP contribution in [-0.4, -0.2) is 124 Å². The van der Waals surface area contributed by atoms with Crippen LogP contribution in [0.1, 0.15) is 72.8 Å². The van der Waals surface area contributed by atoms with Crippen LogP contribution < -0.4 is 32.5 Å². The number of methoxy groups -OCH3 is 2. The molecule has 1 aromatic rings. The predicted octanol–water partition coefficient (Wildman–Crippen LogP) is 1.90. The van der Waals surface area contributed by atoms with Gasteiger partial charge < -0.3 is 46.3 Å². The van der Waals surface area contributed by atoms with Crippen molar-refractivity contribution in [1.29, 1.82) is 0 Å². The normalized spacial score (nSPS) is 17.9. The standard InChI is InChI=1S/C40H68N8O8/c1-12-25(4)37(47(9)35(51)22-44-40(53)36(41)24(2)3)32(54-10)20-34(50)48-19-13-14-31(48)38(55-11)26(5)27(6)43-21-33(49)46-56-23-29-15-17-30(18-16-29)45-39(52)28(7)42-8/h15-18,24-26,28,31-32,36-38,42-43H,6,12-14,19-23,41H2,1-5,7-11H3,(H,44,53)(H,45,52)(H,46,49)/t25-,26-,28-,31-,32+,36?,37-,38+/m0/s1. The Bertz CT molecular complexity index is 1440. The highest BCUT2D eigenvalue weighted by molar-refractivity contribution is 5.94. The van der Waals surface area contributed by atoms with Crippen molar-refractivity contribution in [2.24, 2.45) is 23.5 Å². The summed E-state index contributed by atoms with van der Waals surface area (Å²) in [7, 11) is 6.53. The average Bonchev–Trinajstić information content (AvgIpc) is 3.68. The van der Waals surface area contributed by atoms with Crippen molar-refractivity contribution in [3.8, 4) is 0 Å². The molecule has 56 heavy (non-hydrogen) atoms. The molecule has 1 aliphatic heterocycles. The van der Waals surface area contributed by atoms with Crippen molar-refractivity contribution < 1.29 is 38.3 Å². The number of likely N-dealkylation sites (tertiary alicyclic amines) is 1. The van der Waals surface area contributed by atoms with Crippen LogP contribution in [0.4, 0.5) is 5.69 Å². The molecule has 8 atom stereocenters. The Morgan fingerprint density at radius 2 is 1.64 bits per heavy atom. The van der Waals surface area contributed by atoms with Gasteiger partial charge in [-0.25, -0.2) is 5.48 Å². The number of likely N-dealkylation sites (N-methyl/N-ethyl adjacent to an activating group) is 2. The molecule has 0 radical (unpaired) electrons. The van der Waals surface area contributed by atoms with Crippen molar-refractivity contribution in [3.63, 3.8) is 0 Å². The first kappa shape index (κ1) is 48.1. The van der Waals surface area contributed by atoms with Gasteiger partial charge >= 0.3 is 0 Å². The number of nitrogens with two attached hydrogens (primary N) is 1. The maximum Gasteiger partial charge on any atom is 0.262 e. The minimum atomic E-state index is -0.723. The molecule has 0 aliphatic carbocycles. The molecule has 0 saturated carbocycles. The number of hydroxylamine groups is 1. The Balaban J connectivity index is 1.97. The smallest absolute Gasteiger partial charge is 0.262 e. The summed E-state index contributed by atoms with van der Waals surface area (Å²) in [6.07, 6.45) is 1.29. The van der Waals surface area contributed by atoms with Gasteiger partial charge in [0, 0.05) is 45.1 Å². The molecule has 0 aromatic heterocycles. The van der Waals surface area contributed by atoms with Gasteiger partial charge in [0.15, 0.2) is 0 Å². The lowest BCUT2D eigenvalue weighted by molar-refractivity contribution is -0.144. The fraction of sp³-hybridized carbons (Fsp3) is 0.675. The SMILES string of the molecule is C=C(NCC(=O)NOCc1ccc(NC(=O)[C@H](C)NC)cc1)[C@H](C)[C@@H](OC)[C@@H]1CCCN1C(=O)C[C@@H](OC)[C@H]([C@@H](C)CC)N(C)C(=O)CNC(=O)C(N)C(C)C. The third kappa shape index (κ3) is 14.1. The molecule has 16 nitrogen and oxygen atoms in total. The number of nitrogens with one attached hydrogen (secondary N) is 5. The minimum absolute atomic E-state index is 0.00655. The molecule has 1 aliphatic rings. The molecule has 1 heterocycles. The van der Waals surface area contributed by atoms with Gasteiger partial charge in [-0.1, -0.05) is 59.8 Å². The number of amides is 5. The van der Waals surface area contributed by atoms with Crippen LogP contribution >= 0.6 is 0 Å². The zero-order chi connectivity index (χ0) is 42.1. The van der Waals surface area contributed by atoms with Gasteiger partial charge in [-0.15, -0.1) is 0 Å². The fourth-order valence-corrected chi connectivity index (χ4v) is 6.74. The number of hydrogen-bond acceptors (Lipinski definition) is 11. The summed E-state index contributed by atoms with van der Waals surface area (Å²) >= 11 is 0. The van der Waals surface area contributed by atoms with Crippen molar-refractivity contribution in [2.45, 2.75) is 110 Å². The Morgan fingerprint density at radius 1 is 0.982 bits per heavy atom. The highest BCUT2D eigenvalue weighted by Gasteiger charge is 2.41. The van der Waals surface area contributed by atoms with Gasteiger partial charge in [0.2, 0.25) is 23.6 Å². The molecule has 5 amide bonds. The Kier molecular flexibility index (Phi) is 20.5. The minimum Gasteiger partial charge on any atom is -0.380 e. The molecule has 1 aromatic carbocycles. The molecule has 7 N–H and O–H groups in total. The third-order valence-corrected chi connectivity index (χ3v) is 10.8. The maximum absolute atomic E-state index is 14.0. The van der Waals surface area contributed by atoms with Crippen molar-refractivity contribution in [3.05, 3.63) is 42.1 Å². The zero-order valence-electron chi connectivity index (χ0n) is 35.1. The van der Waals surface area contributed by atoms with Crippen LogP contribution in [-0.2, 0) is 44.9 Å². The maximum atomic E-state index is 14.0. The molecule has 1 fully saturated rings.